The number of aromatic nitrogens is 6. The van der Waals surface area contributed by atoms with Crippen LogP contribution in [-0.4, -0.2) is 60.5 Å². The number of likely N-dealkylation sites (N-methyl/N-ethyl adjacent to an activating group) is 1. The van der Waals surface area contributed by atoms with E-state index in [4.69, 9.17) is 4.74 Å². The zero-order valence-electron chi connectivity index (χ0n) is 17.9. The Morgan fingerprint density at radius 3 is 2.76 bits per heavy atom. The molecule has 0 saturated carbocycles. The normalized spacial score (nSPS) is 16.7. The van der Waals surface area contributed by atoms with Crippen molar-refractivity contribution in [3.8, 4) is 17.0 Å². The van der Waals surface area contributed by atoms with Crippen LogP contribution in [-0.2, 0) is 13.2 Å². The Morgan fingerprint density at radius 1 is 1.18 bits per heavy atom. The number of hydrogen-bond acceptors (Lipinski definition) is 7. The van der Waals surface area contributed by atoms with Crippen LogP contribution in [0.3, 0.4) is 0 Å². The molecular weight excluding hydrogens is 437 g/mol. The van der Waals surface area contributed by atoms with E-state index in [2.05, 4.69) is 37.4 Å². The van der Waals surface area contributed by atoms with Gasteiger partial charge in [-0.3, -0.25) is 9.58 Å². The Bertz CT molecular complexity index is 1300. The molecule has 1 fully saturated rings. The van der Waals surface area contributed by atoms with Gasteiger partial charge in [0.15, 0.2) is 11.6 Å². The van der Waals surface area contributed by atoms with Crippen LogP contribution in [0, 0.1) is 0 Å². The minimum absolute atomic E-state index is 0.00392. The summed E-state index contributed by atoms with van der Waals surface area (Å²) in [6.07, 6.45) is 1.02. The van der Waals surface area contributed by atoms with E-state index in [0.29, 0.717) is 24.2 Å². The average molecular weight is 458 g/mol. The lowest BCUT2D eigenvalue weighted by atomic mass is 10.1. The van der Waals surface area contributed by atoms with E-state index in [-0.39, 0.29) is 5.82 Å². The number of likely N-dealkylation sites (tertiary alicyclic amines) is 1. The summed E-state index contributed by atoms with van der Waals surface area (Å²) >= 11 is 0. The third-order valence-electron chi connectivity index (χ3n) is 5.68. The zero-order chi connectivity index (χ0) is 23.2. The van der Waals surface area contributed by atoms with Crippen LogP contribution >= 0.6 is 0 Å². The van der Waals surface area contributed by atoms with E-state index in [1.54, 1.807) is 27.7 Å². The molecule has 0 aliphatic carbocycles. The van der Waals surface area contributed by atoms with Gasteiger partial charge in [0.2, 0.25) is 5.82 Å². The van der Waals surface area contributed by atoms with E-state index in [9.17, 15) is 13.2 Å². The van der Waals surface area contributed by atoms with E-state index >= 15 is 0 Å². The van der Waals surface area contributed by atoms with Crippen molar-refractivity contribution in [3.63, 3.8) is 0 Å². The van der Waals surface area contributed by atoms with Crippen LogP contribution in [0.15, 0.2) is 42.9 Å². The summed E-state index contributed by atoms with van der Waals surface area (Å²) in [4.78, 5) is 9.03. The first-order chi connectivity index (χ1) is 15.8. The molecule has 0 bridgehead atoms. The van der Waals surface area contributed by atoms with Crippen molar-refractivity contribution < 1.29 is 17.9 Å². The van der Waals surface area contributed by atoms with Gasteiger partial charge < -0.3 is 10.1 Å². The largest absolute Gasteiger partial charge is 0.488 e. The second kappa shape index (κ2) is 8.03. The molecular formula is C21H21F3N8O. The molecule has 5 heterocycles. The molecule has 1 aliphatic heterocycles. The summed E-state index contributed by atoms with van der Waals surface area (Å²) in [6, 6.07) is 7.28. The maximum absolute atomic E-state index is 12.9. The highest BCUT2D eigenvalue weighted by Gasteiger charge is 2.34. The van der Waals surface area contributed by atoms with Gasteiger partial charge in [-0.2, -0.15) is 23.4 Å². The van der Waals surface area contributed by atoms with Gasteiger partial charge >= 0.3 is 6.18 Å². The molecule has 33 heavy (non-hydrogen) atoms. The molecule has 1 saturated heterocycles. The van der Waals surface area contributed by atoms with Crippen molar-refractivity contribution in [3.05, 3.63) is 48.7 Å². The Labute approximate surface area is 186 Å². The minimum Gasteiger partial charge on any atom is -0.488 e. The van der Waals surface area contributed by atoms with Gasteiger partial charge in [0.05, 0.1) is 11.7 Å². The van der Waals surface area contributed by atoms with E-state index < -0.39 is 12.0 Å². The molecule has 0 aromatic carbocycles. The third-order valence-corrected chi connectivity index (χ3v) is 5.68. The van der Waals surface area contributed by atoms with Gasteiger partial charge in [0.25, 0.3) is 0 Å². The standard InChI is InChI=1S/C21H21F3N8O/c1-30-7-5-14(30)12-33-16-11-26-31(2)19(16)13-4-8-32-15(9-13)10-18(29-32)27-17-3-6-25-20(28-17)21(22,23)24/h3-4,6,8-11,14H,5,7,12H2,1-2H3,(H,25,27,28,29)/t14-/m1/s1. The average Bonchev–Trinajstić information content (AvgIpc) is 3.34. The lowest BCUT2D eigenvalue weighted by Gasteiger charge is -2.37. The number of nitrogens with zero attached hydrogens (tertiary/aromatic N) is 7. The number of fused-ring (bicyclic) bond motifs is 1. The fraction of sp³-hybridized carbons (Fsp3) is 0.333. The second-order valence-corrected chi connectivity index (χ2v) is 7.92. The van der Waals surface area contributed by atoms with Crippen molar-refractivity contribution in [2.45, 2.75) is 18.6 Å². The van der Waals surface area contributed by atoms with Gasteiger partial charge in [0.1, 0.15) is 18.1 Å². The number of ether oxygens (including phenoxy) is 1. The van der Waals surface area contributed by atoms with Crippen molar-refractivity contribution in [1.82, 2.24) is 34.3 Å². The molecule has 0 amide bonds. The summed E-state index contributed by atoms with van der Waals surface area (Å²) in [6.45, 7) is 1.67. The van der Waals surface area contributed by atoms with Crippen LogP contribution in [0.2, 0.25) is 0 Å². The highest BCUT2D eigenvalue weighted by Crippen LogP contribution is 2.32. The monoisotopic (exact) mass is 458 g/mol. The number of aryl methyl sites for hydroxylation is 1. The van der Waals surface area contributed by atoms with Crippen molar-refractivity contribution in [1.29, 1.82) is 0 Å². The molecule has 4 aromatic rings. The quantitative estimate of drug-likeness (QED) is 0.474. The minimum atomic E-state index is -4.62. The highest BCUT2D eigenvalue weighted by molar-refractivity contribution is 5.72. The molecule has 172 valence electrons. The number of hydrogen-bond donors (Lipinski definition) is 1. The Hall–Kier alpha value is -3.67. The molecule has 12 heteroatoms. The SMILES string of the molecule is CN1CC[C@@H]1COc1cnn(C)c1-c1ccn2nc(Nc3ccnc(C(F)(F)F)n3)cc2c1. The Kier molecular flexibility index (Phi) is 5.16. The Balaban J connectivity index is 1.39. The van der Waals surface area contributed by atoms with Crippen molar-refractivity contribution in [2.24, 2.45) is 7.05 Å². The van der Waals surface area contributed by atoms with Crippen LogP contribution < -0.4 is 10.1 Å². The second-order valence-electron chi connectivity index (χ2n) is 7.92. The summed E-state index contributed by atoms with van der Waals surface area (Å²) in [5.74, 6) is -0.159. The molecule has 1 aliphatic rings. The van der Waals surface area contributed by atoms with Gasteiger partial charge in [0, 0.05) is 37.1 Å². The molecule has 0 unspecified atom stereocenters. The molecule has 0 spiro atoms. The van der Waals surface area contributed by atoms with Gasteiger partial charge in [-0.1, -0.05) is 0 Å². The fourth-order valence-corrected chi connectivity index (χ4v) is 3.72. The van der Waals surface area contributed by atoms with Crippen molar-refractivity contribution in [2.75, 3.05) is 25.5 Å². The lowest BCUT2D eigenvalue weighted by molar-refractivity contribution is -0.144. The smallest absolute Gasteiger partial charge is 0.451 e. The zero-order valence-corrected chi connectivity index (χ0v) is 17.9. The fourth-order valence-electron chi connectivity index (χ4n) is 3.72. The number of rotatable bonds is 6. The maximum Gasteiger partial charge on any atom is 0.451 e. The molecule has 0 radical (unpaired) electrons. The topological polar surface area (TPSA) is 85.4 Å². The first-order valence-electron chi connectivity index (χ1n) is 10.3. The van der Waals surface area contributed by atoms with Crippen LogP contribution in [0.5, 0.6) is 5.75 Å². The first kappa shape index (κ1) is 21.2. The third kappa shape index (κ3) is 4.21. The predicted molar refractivity (Wildman–Crippen MR) is 114 cm³/mol. The molecule has 1 atom stereocenters. The summed E-state index contributed by atoms with van der Waals surface area (Å²) in [7, 11) is 3.92. The highest BCUT2D eigenvalue weighted by atomic mass is 19.4. The summed E-state index contributed by atoms with van der Waals surface area (Å²) in [5.41, 5.74) is 2.46. The molecule has 9 nitrogen and oxygen atoms in total. The van der Waals surface area contributed by atoms with Crippen molar-refractivity contribution >= 4 is 17.2 Å². The first-order valence-corrected chi connectivity index (χ1v) is 10.3. The predicted octanol–water partition coefficient (Wildman–Crippen LogP) is 3.37. The van der Waals surface area contributed by atoms with E-state index in [1.807, 2.05) is 19.2 Å². The molecule has 4 aromatic heterocycles. The summed E-state index contributed by atoms with van der Waals surface area (Å²) in [5, 5.41) is 11.5. The summed E-state index contributed by atoms with van der Waals surface area (Å²) < 4.78 is 48.0. The van der Waals surface area contributed by atoms with Crippen LogP contribution in [0.4, 0.5) is 24.8 Å². The Morgan fingerprint density at radius 2 is 2.03 bits per heavy atom. The number of nitrogens with one attached hydrogen (secondary N) is 1. The van der Waals surface area contributed by atoms with Gasteiger partial charge in [-0.15, -0.1) is 0 Å². The number of anilines is 2. The molecule has 1 N–H and O–H groups in total. The lowest BCUT2D eigenvalue weighted by Crippen LogP contribution is -2.48. The number of alkyl halides is 3. The molecule has 5 rings (SSSR count). The van der Waals surface area contributed by atoms with Crippen LogP contribution in [0.1, 0.15) is 12.2 Å². The van der Waals surface area contributed by atoms with Crippen LogP contribution in [0.25, 0.3) is 16.8 Å². The number of halogens is 3. The van der Waals surface area contributed by atoms with E-state index in [0.717, 1.165) is 35.9 Å². The maximum atomic E-state index is 12.9. The van der Waals surface area contributed by atoms with E-state index in [1.165, 1.54) is 6.07 Å². The van der Waals surface area contributed by atoms with Gasteiger partial charge in [-0.05, 0) is 38.2 Å². The number of pyridine rings is 1. The van der Waals surface area contributed by atoms with Gasteiger partial charge in [-0.25, -0.2) is 14.5 Å².